The SMILES string of the molecule is NN/C(=C\CNc1ccc2[nH]c(=O)sc2c1)c1ccc(-n2cccn2)cc1. The lowest BCUT2D eigenvalue weighted by atomic mass is 10.1. The third kappa shape index (κ3) is 3.76. The second-order valence-corrected chi connectivity index (χ2v) is 6.88. The van der Waals surface area contributed by atoms with E-state index in [1.165, 1.54) is 11.3 Å². The minimum absolute atomic E-state index is 0.0461. The molecule has 0 spiro atoms. The standard InChI is InChI=1S/C19H18N6OS/c20-24-16(13-2-5-15(6-3-13)25-11-1-9-22-25)8-10-21-14-4-7-17-18(12-14)27-19(26)23-17/h1-9,11-12,21,24H,10,20H2,(H,23,26)/b16-8-. The number of hydrogen-bond donors (Lipinski definition) is 4. The molecule has 136 valence electrons. The molecule has 0 radical (unpaired) electrons. The molecule has 0 fully saturated rings. The van der Waals surface area contributed by atoms with Gasteiger partial charge >= 0.3 is 4.87 Å². The summed E-state index contributed by atoms with van der Waals surface area (Å²) in [5.74, 6) is 5.69. The number of rotatable bonds is 6. The summed E-state index contributed by atoms with van der Waals surface area (Å²) in [6, 6.07) is 15.6. The van der Waals surface area contributed by atoms with Gasteiger partial charge in [0.1, 0.15) is 0 Å². The van der Waals surface area contributed by atoms with Gasteiger partial charge in [0, 0.05) is 24.6 Å². The van der Waals surface area contributed by atoms with E-state index < -0.39 is 0 Å². The van der Waals surface area contributed by atoms with Crippen molar-refractivity contribution in [3.05, 3.63) is 82.2 Å². The highest BCUT2D eigenvalue weighted by Gasteiger charge is 2.03. The van der Waals surface area contributed by atoms with E-state index in [2.05, 4.69) is 20.8 Å². The average molecular weight is 378 g/mol. The molecule has 0 atom stereocenters. The summed E-state index contributed by atoms with van der Waals surface area (Å²) in [7, 11) is 0. The third-order valence-corrected chi connectivity index (χ3v) is 4.98. The Bertz CT molecular complexity index is 1130. The molecule has 0 bridgehead atoms. The lowest BCUT2D eigenvalue weighted by molar-refractivity contribution is 0.880. The summed E-state index contributed by atoms with van der Waals surface area (Å²) < 4.78 is 2.73. The quantitative estimate of drug-likeness (QED) is 0.305. The zero-order valence-electron chi connectivity index (χ0n) is 14.3. The Kier molecular flexibility index (Phi) is 4.73. The topological polar surface area (TPSA) is 101 Å². The molecule has 0 saturated carbocycles. The molecule has 2 aromatic carbocycles. The van der Waals surface area contributed by atoms with Crippen LogP contribution in [0.25, 0.3) is 21.6 Å². The number of hydrogen-bond acceptors (Lipinski definition) is 6. The highest BCUT2D eigenvalue weighted by Crippen LogP contribution is 2.20. The van der Waals surface area contributed by atoms with Crippen molar-refractivity contribution in [2.75, 3.05) is 11.9 Å². The molecule has 4 aromatic rings. The number of aromatic nitrogens is 3. The second-order valence-electron chi connectivity index (χ2n) is 5.87. The first-order valence-corrected chi connectivity index (χ1v) is 9.18. The first-order chi connectivity index (χ1) is 13.2. The van der Waals surface area contributed by atoms with Crippen LogP contribution in [0.3, 0.4) is 0 Å². The maximum Gasteiger partial charge on any atom is 0.305 e. The summed E-state index contributed by atoms with van der Waals surface area (Å²) >= 11 is 1.20. The van der Waals surface area contributed by atoms with Crippen LogP contribution in [0.1, 0.15) is 5.56 Å². The van der Waals surface area contributed by atoms with Gasteiger partial charge < -0.3 is 15.7 Å². The molecule has 27 heavy (non-hydrogen) atoms. The summed E-state index contributed by atoms with van der Waals surface area (Å²) in [5, 5.41) is 7.54. The summed E-state index contributed by atoms with van der Waals surface area (Å²) in [6.07, 6.45) is 5.62. The van der Waals surface area contributed by atoms with Crippen LogP contribution < -0.4 is 21.5 Å². The Morgan fingerprint density at radius 1 is 1.26 bits per heavy atom. The van der Waals surface area contributed by atoms with Crippen LogP contribution in [-0.4, -0.2) is 21.3 Å². The molecule has 2 aromatic heterocycles. The number of fused-ring (bicyclic) bond motifs is 1. The third-order valence-electron chi connectivity index (χ3n) is 4.14. The molecule has 8 heteroatoms. The lowest BCUT2D eigenvalue weighted by Crippen LogP contribution is -2.20. The van der Waals surface area contributed by atoms with Gasteiger partial charge in [0.25, 0.3) is 0 Å². The molecule has 0 aliphatic carbocycles. The highest BCUT2D eigenvalue weighted by molar-refractivity contribution is 7.16. The zero-order chi connectivity index (χ0) is 18.6. The zero-order valence-corrected chi connectivity index (χ0v) is 15.2. The predicted octanol–water partition coefficient (Wildman–Crippen LogP) is 2.69. The highest BCUT2D eigenvalue weighted by atomic mass is 32.1. The smallest absolute Gasteiger partial charge is 0.305 e. The van der Waals surface area contributed by atoms with Crippen molar-refractivity contribution < 1.29 is 0 Å². The number of hydrazine groups is 1. The summed E-state index contributed by atoms with van der Waals surface area (Å²) in [6.45, 7) is 0.589. The Morgan fingerprint density at radius 3 is 2.85 bits per heavy atom. The number of benzene rings is 2. The van der Waals surface area contributed by atoms with E-state index in [1.807, 2.05) is 60.8 Å². The van der Waals surface area contributed by atoms with Crippen LogP contribution in [0.2, 0.25) is 0 Å². The average Bonchev–Trinajstić information content (AvgIpc) is 3.34. The normalized spacial score (nSPS) is 11.7. The fourth-order valence-electron chi connectivity index (χ4n) is 2.80. The van der Waals surface area contributed by atoms with Crippen LogP contribution in [0.5, 0.6) is 0 Å². The van der Waals surface area contributed by atoms with Crippen molar-refractivity contribution in [3.8, 4) is 5.69 Å². The van der Waals surface area contributed by atoms with Crippen molar-refractivity contribution in [3.63, 3.8) is 0 Å². The minimum atomic E-state index is -0.0461. The molecule has 0 amide bonds. The van der Waals surface area contributed by atoms with Crippen molar-refractivity contribution in [1.29, 1.82) is 0 Å². The van der Waals surface area contributed by atoms with Gasteiger partial charge in [-0.25, -0.2) is 4.68 Å². The molecule has 0 saturated heterocycles. The Balaban J connectivity index is 1.46. The van der Waals surface area contributed by atoms with Crippen LogP contribution in [-0.2, 0) is 0 Å². The molecule has 7 nitrogen and oxygen atoms in total. The van der Waals surface area contributed by atoms with Crippen molar-refractivity contribution in [1.82, 2.24) is 20.2 Å². The fraction of sp³-hybridized carbons (Fsp3) is 0.0526. The van der Waals surface area contributed by atoms with Gasteiger partial charge in [-0.15, -0.1) is 0 Å². The van der Waals surface area contributed by atoms with E-state index in [-0.39, 0.29) is 4.87 Å². The number of nitrogens with zero attached hydrogens (tertiary/aromatic N) is 2. The van der Waals surface area contributed by atoms with Gasteiger partial charge in [-0.2, -0.15) is 5.10 Å². The van der Waals surface area contributed by atoms with E-state index in [1.54, 1.807) is 10.9 Å². The number of aromatic amines is 1. The van der Waals surface area contributed by atoms with Crippen LogP contribution in [0, 0.1) is 0 Å². The van der Waals surface area contributed by atoms with Crippen LogP contribution in [0.4, 0.5) is 5.69 Å². The molecule has 0 unspecified atom stereocenters. The minimum Gasteiger partial charge on any atom is -0.381 e. The Labute approximate surface area is 159 Å². The Morgan fingerprint density at radius 2 is 2.11 bits per heavy atom. The van der Waals surface area contributed by atoms with E-state index in [0.717, 1.165) is 32.9 Å². The van der Waals surface area contributed by atoms with Crippen molar-refractivity contribution in [2.24, 2.45) is 5.84 Å². The molecule has 4 rings (SSSR count). The summed E-state index contributed by atoms with van der Waals surface area (Å²) in [5.41, 5.74) is 7.33. The Hall–Kier alpha value is -3.36. The van der Waals surface area contributed by atoms with E-state index in [0.29, 0.717) is 6.54 Å². The van der Waals surface area contributed by atoms with E-state index >= 15 is 0 Å². The maximum atomic E-state index is 11.4. The van der Waals surface area contributed by atoms with E-state index in [9.17, 15) is 4.79 Å². The monoisotopic (exact) mass is 378 g/mol. The molecule has 2 heterocycles. The van der Waals surface area contributed by atoms with Crippen molar-refractivity contribution in [2.45, 2.75) is 0 Å². The molecular weight excluding hydrogens is 360 g/mol. The van der Waals surface area contributed by atoms with Gasteiger partial charge in [0.05, 0.1) is 21.6 Å². The van der Waals surface area contributed by atoms with Gasteiger partial charge in [-0.1, -0.05) is 23.5 Å². The molecular formula is C19H18N6OS. The maximum absolute atomic E-state index is 11.4. The van der Waals surface area contributed by atoms with Gasteiger partial charge in [0.15, 0.2) is 0 Å². The molecule has 5 N–H and O–H groups in total. The molecule has 0 aliphatic rings. The van der Waals surface area contributed by atoms with Gasteiger partial charge in [-0.05, 0) is 48.0 Å². The van der Waals surface area contributed by atoms with Gasteiger partial charge in [-0.3, -0.25) is 10.6 Å². The fourth-order valence-corrected chi connectivity index (χ4v) is 3.58. The number of thiazole rings is 1. The van der Waals surface area contributed by atoms with Crippen LogP contribution >= 0.6 is 11.3 Å². The first-order valence-electron chi connectivity index (χ1n) is 8.37. The first kappa shape index (κ1) is 17.1. The van der Waals surface area contributed by atoms with Crippen LogP contribution in [0.15, 0.2) is 71.8 Å². The summed E-state index contributed by atoms with van der Waals surface area (Å²) in [4.78, 5) is 14.2. The number of nitrogens with one attached hydrogen (secondary N) is 3. The lowest BCUT2D eigenvalue weighted by Gasteiger charge is -2.10. The van der Waals surface area contributed by atoms with Crippen molar-refractivity contribution >= 4 is 32.9 Å². The number of nitrogens with two attached hydrogens (primary N) is 1. The molecule has 0 aliphatic heterocycles. The number of H-pyrrole nitrogens is 1. The largest absolute Gasteiger partial charge is 0.381 e. The van der Waals surface area contributed by atoms with E-state index in [4.69, 9.17) is 5.84 Å². The second kappa shape index (κ2) is 7.48. The van der Waals surface area contributed by atoms with Gasteiger partial charge in [0.2, 0.25) is 0 Å². The predicted molar refractivity (Wildman–Crippen MR) is 110 cm³/mol. The number of anilines is 1.